The van der Waals surface area contributed by atoms with E-state index in [1.165, 1.54) is 11.3 Å². The Kier molecular flexibility index (Phi) is 4.49. The van der Waals surface area contributed by atoms with Crippen LogP contribution >= 0.6 is 43.2 Å². The number of anilines is 1. The molecule has 1 amide bonds. The van der Waals surface area contributed by atoms with Gasteiger partial charge in [0.15, 0.2) is 11.5 Å². The first-order valence-electron chi connectivity index (χ1n) is 7.22. The van der Waals surface area contributed by atoms with Gasteiger partial charge in [-0.25, -0.2) is 4.98 Å². The number of hydrogen-bond donors (Lipinski definition) is 1. The van der Waals surface area contributed by atoms with Crippen molar-refractivity contribution in [2.45, 2.75) is 0 Å². The van der Waals surface area contributed by atoms with Gasteiger partial charge in [0.05, 0.1) is 11.9 Å². The van der Waals surface area contributed by atoms with E-state index < -0.39 is 0 Å². The number of carbonyl (C=O) groups excluding carboxylic acids is 1. The molecule has 4 rings (SSSR count). The quantitative estimate of drug-likeness (QED) is 0.550. The summed E-state index contributed by atoms with van der Waals surface area (Å²) in [7, 11) is 0. The van der Waals surface area contributed by atoms with Gasteiger partial charge in [0.1, 0.15) is 9.88 Å². The van der Waals surface area contributed by atoms with Crippen LogP contribution in [0.3, 0.4) is 0 Å². The zero-order valence-corrected chi connectivity index (χ0v) is 16.6. The molecule has 0 radical (unpaired) electrons. The number of aromatic nitrogens is 1. The fourth-order valence-corrected chi connectivity index (χ4v) is 4.27. The van der Waals surface area contributed by atoms with Crippen LogP contribution in [0.4, 0.5) is 5.69 Å². The Morgan fingerprint density at radius 2 is 1.96 bits per heavy atom. The van der Waals surface area contributed by atoms with E-state index in [2.05, 4.69) is 42.2 Å². The lowest BCUT2D eigenvalue weighted by Gasteiger charge is -2.06. The average molecular weight is 482 g/mol. The second-order valence-electron chi connectivity index (χ2n) is 5.18. The molecule has 3 aromatic rings. The van der Waals surface area contributed by atoms with E-state index in [-0.39, 0.29) is 12.7 Å². The molecule has 25 heavy (non-hydrogen) atoms. The topological polar surface area (TPSA) is 60.5 Å². The first-order chi connectivity index (χ1) is 12.1. The van der Waals surface area contributed by atoms with Crippen molar-refractivity contribution in [2.75, 3.05) is 12.1 Å². The maximum atomic E-state index is 12.5. The van der Waals surface area contributed by atoms with Crippen molar-refractivity contribution in [3.05, 3.63) is 56.4 Å². The summed E-state index contributed by atoms with van der Waals surface area (Å²) in [5.41, 5.74) is 1.59. The van der Waals surface area contributed by atoms with Crippen molar-refractivity contribution in [3.8, 4) is 22.1 Å². The van der Waals surface area contributed by atoms with Gasteiger partial charge >= 0.3 is 0 Å². The maximum absolute atomic E-state index is 12.5. The molecule has 126 valence electrons. The van der Waals surface area contributed by atoms with Gasteiger partial charge in [0.2, 0.25) is 6.79 Å². The summed E-state index contributed by atoms with van der Waals surface area (Å²) < 4.78 is 12.4. The van der Waals surface area contributed by atoms with Gasteiger partial charge in [-0.15, -0.1) is 11.3 Å². The molecule has 1 N–H and O–H groups in total. The minimum absolute atomic E-state index is 0.201. The second-order valence-corrected chi connectivity index (χ2v) is 7.98. The zero-order chi connectivity index (χ0) is 17.4. The zero-order valence-electron chi connectivity index (χ0n) is 12.6. The first kappa shape index (κ1) is 16.6. The van der Waals surface area contributed by atoms with Crippen molar-refractivity contribution in [3.63, 3.8) is 0 Å². The molecule has 8 heteroatoms. The van der Waals surface area contributed by atoms with Crippen LogP contribution in [0, 0.1) is 0 Å². The fraction of sp³-hybridized carbons (Fsp3) is 0.0588. The summed E-state index contributed by atoms with van der Waals surface area (Å²) >= 11 is 8.15. The number of fused-ring (bicyclic) bond motifs is 1. The van der Waals surface area contributed by atoms with Crippen LogP contribution in [0.15, 0.2) is 51.5 Å². The lowest BCUT2D eigenvalue weighted by atomic mass is 10.2. The Labute approximate surface area is 164 Å². The third-order valence-electron chi connectivity index (χ3n) is 3.53. The van der Waals surface area contributed by atoms with Gasteiger partial charge in [0.25, 0.3) is 5.91 Å². The lowest BCUT2D eigenvalue weighted by molar-refractivity contribution is 0.103. The molecule has 1 aromatic heterocycles. The molecule has 2 heterocycles. The Bertz CT molecular complexity index is 974. The molecule has 5 nitrogen and oxygen atoms in total. The smallest absolute Gasteiger partial charge is 0.267 e. The third-order valence-corrected chi connectivity index (χ3v) is 5.72. The summed E-state index contributed by atoms with van der Waals surface area (Å²) in [6, 6.07) is 11.2. The minimum Gasteiger partial charge on any atom is -0.454 e. The molecule has 0 spiro atoms. The molecule has 0 aliphatic carbocycles. The SMILES string of the molecule is O=C(Nc1ccc(Br)cc1Br)c1cnc(-c2ccc3c(c2)OCO3)s1. The van der Waals surface area contributed by atoms with Gasteiger partial charge in [-0.3, -0.25) is 4.79 Å². The Balaban J connectivity index is 1.55. The highest BCUT2D eigenvalue weighted by atomic mass is 79.9. The van der Waals surface area contributed by atoms with E-state index in [1.54, 1.807) is 6.20 Å². The predicted octanol–water partition coefficient (Wildman–Crippen LogP) is 5.32. The van der Waals surface area contributed by atoms with Crippen molar-refractivity contribution in [1.29, 1.82) is 0 Å². The minimum atomic E-state index is -0.201. The van der Waals surface area contributed by atoms with E-state index in [9.17, 15) is 4.79 Å². The average Bonchev–Trinajstić information content (AvgIpc) is 3.25. The van der Waals surface area contributed by atoms with Gasteiger partial charge in [-0.2, -0.15) is 0 Å². The van der Waals surface area contributed by atoms with Crippen LogP contribution in [-0.2, 0) is 0 Å². The van der Waals surface area contributed by atoms with Crippen LogP contribution in [0.5, 0.6) is 11.5 Å². The molecule has 0 fully saturated rings. The number of halogens is 2. The fourth-order valence-electron chi connectivity index (χ4n) is 2.32. The van der Waals surface area contributed by atoms with Crippen LogP contribution in [-0.4, -0.2) is 17.7 Å². The second kappa shape index (κ2) is 6.78. The van der Waals surface area contributed by atoms with E-state index in [0.717, 1.165) is 25.3 Å². The molecular formula is C17H10Br2N2O3S. The molecule has 1 aliphatic rings. The van der Waals surface area contributed by atoms with E-state index in [1.807, 2.05) is 36.4 Å². The van der Waals surface area contributed by atoms with Gasteiger partial charge < -0.3 is 14.8 Å². The molecule has 0 atom stereocenters. The number of hydrogen-bond acceptors (Lipinski definition) is 5. The number of carbonyl (C=O) groups is 1. The van der Waals surface area contributed by atoms with E-state index in [4.69, 9.17) is 9.47 Å². The van der Waals surface area contributed by atoms with Gasteiger partial charge in [-0.1, -0.05) is 15.9 Å². The van der Waals surface area contributed by atoms with Crippen LogP contribution < -0.4 is 14.8 Å². The molecule has 1 aliphatic heterocycles. The van der Waals surface area contributed by atoms with E-state index in [0.29, 0.717) is 16.3 Å². The molecule has 2 aromatic carbocycles. The lowest BCUT2D eigenvalue weighted by Crippen LogP contribution is -2.10. The highest BCUT2D eigenvalue weighted by Gasteiger charge is 2.17. The van der Waals surface area contributed by atoms with Crippen molar-refractivity contribution in [2.24, 2.45) is 0 Å². The van der Waals surface area contributed by atoms with Crippen LogP contribution in [0.2, 0.25) is 0 Å². The standard InChI is InChI=1S/C17H10Br2N2O3S/c18-10-2-3-12(11(19)6-10)21-16(22)15-7-20-17(25-15)9-1-4-13-14(5-9)24-8-23-13/h1-7H,8H2,(H,21,22). The Morgan fingerprint density at radius 3 is 2.80 bits per heavy atom. The molecule has 0 saturated heterocycles. The Morgan fingerprint density at radius 1 is 1.12 bits per heavy atom. The van der Waals surface area contributed by atoms with Crippen molar-refractivity contribution >= 4 is 54.8 Å². The largest absolute Gasteiger partial charge is 0.454 e. The van der Waals surface area contributed by atoms with Gasteiger partial charge in [0, 0.05) is 14.5 Å². The summed E-state index contributed by atoms with van der Waals surface area (Å²) in [4.78, 5) is 17.3. The third kappa shape index (κ3) is 3.42. The number of ether oxygens (including phenoxy) is 2. The molecule has 0 unspecified atom stereocenters. The number of benzene rings is 2. The monoisotopic (exact) mass is 480 g/mol. The van der Waals surface area contributed by atoms with Crippen LogP contribution in [0.1, 0.15) is 9.67 Å². The normalized spacial score (nSPS) is 12.2. The highest BCUT2D eigenvalue weighted by molar-refractivity contribution is 9.11. The number of nitrogens with one attached hydrogen (secondary N) is 1. The number of rotatable bonds is 3. The highest BCUT2D eigenvalue weighted by Crippen LogP contribution is 2.37. The number of nitrogens with zero attached hydrogens (tertiary/aromatic N) is 1. The molecule has 0 saturated carbocycles. The van der Waals surface area contributed by atoms with Crippen LogP contribution in [0.25, 0.3) is 10.6 Å². The summed E-state index contributed by atoms with van der Waals surface area (Å²) in [6.45, 7) is 0.229. The van der Waals surface area contributed by atoms with Gasteiger partial charge in [-0.05, 0) is 52.3 Å². The van der Waals surface area contributed by atoms with Crippen molar-refractivity contribution < 1.29 is 14.3 Å². The maximum Gasteiger partial charge on any atom is 0.267 e. The van der Waals surface area contributed by atoms with E-state index >= 15 is 0 Å². The number of thiazole rings is 1. The molecular weight excluding hydrogens is 472 g/mol. The van der Waals surface area contributed by atoms with Crippen molar-refractivity contribution in [1.82, 2.24) is 4.98 Å². The molecule has 0 bridgehead atoms. The first-order valence-corrected chi connectivity index (χ1v) is 9.62. The predicted molar refractivity (Wildman–Crippen MR) is 103 cm³/mol. The summed E-state index contributed by atoms with van der Waals surface area (Å²) in [6.07, 6.45) is 1.58. The number of amides is 1. The summed E-state index contributed by atoms with van der Waals surface area (Å²) in [5, 5.41) is 3.63. The Hall–Kier alpha value is -1.90. The summed E-state index contributed by atoms with van der Waals surface area (Å²) in [5.74, 6) is 1.21.